The van der Waals surface area contributed by atoms with E-state index in [1.807, 2.05) is 10.6 Å². The Hall–Kier alpha value is -2.11. The van der Waals surface area contributed by atoms with Crippen LogP contribution in [0.2, 0.25) is 0 Å². The second-order valence-electron chi connectivity index (χ2n) is 5.60. The summed E-state index contributed by atoms with van der Waals surface area (Å²) in [6, 6.07) is 3.18. The summed E-state index contributed by atoms with van der Waals surface area (Å²) in [5.74, 6) is -0.711. The van der Waals surface area contributed by atoms with E-state index in [9.17, 15) is 19.6 Å². The highest BCUT2D eigenvalue weighted by atomic mass is 79.9. The number of benzene rings is 1. The zero-order valence-electron chi connectivity index (χ0n) is 12.4. The topological polar surface area (TPSA) is 75.2 Å². The maximum absolute atomic E-state index is 14.2. The summed E-state index contributed by atoms with van der Waals surface area (Å²) in [6.45, 7) is 0. The lowest BCUT2D eigenvalue weighted by atomic mass is 10.1. The highest BCUT2D eigenvalue weighted by Gasteiger charge is 2.32. The summed E-state index contributed by atoms with van der Waals surface area (Å²) in [6.07, 6.45) is 1.82. The summed E-state index contributed by atoms with van der Waals surface area (Å²) < 4.78 is 21.6. The first-order chi connectivity index (χ1) is 11.5. The second-order valence-corrected chi connectivity index (χ2v) is 7.40. The third kappa shape index (κ3) is 1.91. The van der Waals surface area contributed by atoms with Gasteiger partial charge in [0.25, 0.3) is 0 Å². The van der Waals surface area contributed by atoms with Gasteiger partial charge in [-0.3, -0.25) is 4.79 Å². The van der Waals surface area contributed by atoms with Crippen molar-refractivity contribution in [3.63, 3.8) is 0 Å². The van der Waals surface area contributed by atoms with Gasteiger partial charge >= 0.3 is 0 Å². The molecule has 1 aromatic carbocycles. The summed E-state index contributed by atoms with van der Waals surface area (Å²) in [5.41, 5.74) is -0.0200. The number of nitriles is 1. The van der Waals surface area contributed by atoms with Gasteiger partial charge in [-0.1, -0.05) is 0 Å². The van der Waals surface area contributed by atoms with Crippen molar-refractivity contribution < 1.29 is 14.2 Å². The maximum Gasteiger partial charge on any atom is 0.202 e. The number of fused-ring (bicyclic) bond motifs is 2. The van der Waals surface area contributed by atoms with Crippen molar-refractivity contribution in [3.05, 3.63) is 31.5 Å². The van der Waals surface area contributed by atoms with Gasteiger partial charge in [-0.25, -0.2) is 4.39 Å². The molecule has 0 atom stereocenters. The third-order valence-electron chi connectivity index (χ3n) is 4.16. The smallest absolute Gasteiger partial charge is 0.202 e. The second kappa shape index (κ2) is 5.19. The molecule has 1 N–H and O–H groups in total. The number of methoxy groups -OCH3 is 1. The average Bonchev–Trinajstić information content (AvgIpc) is 3.34. The molecule has 1 saturated carbocycles. The Bertz CT molecular complexity index is 1120. The van der Waals surface area contributed by atoms with Gasteiger partial charge in [-0.05, 0) is 34.8 Å². The molecule has 1 aliphatic rings. The van der Waals surface area contributed by atoms with E-state index in [1.54, 1.807) is 0 Å². The lowest BCUT2D eigenvalue weighted by Gasteiger charge is -2.16. The summed E-state index contributed by atoms with van der Waals surface area (Å²) in [4.78, 5) is 13.4. The molecule has 0 radical (unpaired) electrons. The van der Waals surface area contributed by atoms with Crippen molar-refractivity contribution in [1.29, 1.82) is 5.26 Å². The molecule has 2 heterocycles. The maximum atomic E-state index is 14.2. The Morgan fingerprint density at radius 2 is 2.25 bits per heavy atom. The molecule has 24 heavy (non-hydrogen) atoms. The molecule has 2 aromatic heterocycles. The third-order valence-corrected chi connectivity index (χ3v) is 5.99. The minimum atomic E-state index is -0.617. The molecular formula is C16H10BrFN2O3S. The van der Waals surface area contributed by atoms with E-state index in [0.29, 0.717) is 10.3 Å². The molecule has 122 valence electrons. The normalized spacial score (nSPS) is 14.2. The molecule has 0 unspecified atom stereocenters. The predicted octanol–water partition coefficient (Wildman–Crippen LogP) is 4.04. The monoisotopic (exact) mass is 408 g/mol. The fourth-order valence-electron chi connectivity index (χ4n) is 2.97. The standard InChI is InChI=1S/C16H10BrFN2O3S/c1-23-15-11(17)8(18)4-7-12(15)20(6-2-3-6)16-10(13(7)21)14(22)9(5-19)24-16/h4,6,22H,2-3H2,1H3. The number of pyridine rings is 1. The van der Waals surface area contributed by atoms with E-state index in [2.05, 4.69) is 15.9 Å². The molecule has 0 amide bonds. The van der Waals surface area contributed by atoms with Crippen molar-refractivity contribution in [2.24, 2.45) is 0 Å². The van der Waals surface area contributed by atoms with Gasteiger partial charge in [0, 0.05) is 6.04 Å². The molecule has 0 aliphatic heterocycles. The molecule has 8 heteroatoms. The van der Waals surface area contributed by atoms with E-state index in [0.717, 1.165) is 30.2 Å². The molecule has 1 aliphatic carbocycles. The zero-order valence-corrected chi connectivity index (χ0v) is 14.8. The van der Waals surface area contributed by atoms with Gasteiger partial charge in [-0.15, -0.1) is 11.3 Å². The lowest BCUT2D eigenvalue weighted by Crippen LogP contribution is -2.11. The van der Waals surface area contributed by atoms with Crippen molar-refractivity contribution in [3.8, 4) is 17.6 Å². The molecule has 0 bridgehead atoms. The van der Waals surface area contributed by atoms with Crippen LogP contribution >= 0.6 is 27.3 Å². The molecule has 0 spiro atoms. The molecule has 0 saturated heterocycles. The lowest BCUT2D eigenvalue weighted by molar-refractivity contribution is 0.410. The summed E-state index contributed by atoms with van der Waals surface area (Å²) in [5, 5.41) is 19.6. The molecule has 5 nitrogen and oxygen atoms in total. The van der Waals surface area contributed by atoms with Crippen LogP contribution in [0.5, 0.6) is 11.5 Å². The van der Waals surface area contributed by atoms with E-state index in [-0.39, 0.29) is 37.7 Å². The van der Waals surface area contributed by atoms with Gasteiger partial charge in [0.05, 0.1) is 22.5 Å². The molecule has 1 fully saturated rings. The summed E-state index contributed by atoms with van der Waals surface area (Å²) in [7, 11) is 1.41. The van der Waals surface area contributed by atoms with Crippen LogP contribution in [0.25, 0.3) is 21.1 Å². The van der Waals surface area contributed by atoms with Crippen molar-refractivity contribution >= 4 is 48.4 Å². The fourth-order valence-corrected chi connectivity index (χ4v) is 4.50. The zero-order chi connectivity index (χ0) is 17.2. The average molecular weight is 409 g/mol. The number of ether oxygens (including phenoxy) is 1. The number of aromatic hydroxyl groups is 1. The van der Waals surface area contributed by atoms with Crippen LogP contribution in [0.1, 0.15) is 23.8 Å². The Kier molecular flexibility index (Phi) is 3.34. The van der Waals surface area contributed by atoms with Crippen LogP contribution in [-0.2, 0) is 0 Å². The van der Waals surface area contributed by atoms with Gasteiger partial charge in [0.2, 0.25) is 5.43 Å². The number of hydrogen-bond acceptors (Lipinski definition) is 5. The first kappa shape index (κ1) is 15.4. The fraction of sp³-hybridized carbons (Fsp3) is 0.250. The minimum Gasteiger partial charge on any atom is -0.505 e. The van der Waals surface area contributed by atoms with Gasteiger partial charge in [0.1, 0.15) is 27.0 Å². The van der Waals surface area contributed by atoms with Crippen LogP contribution in [0.15, 0.2) is 15.3 Å². The van der Waals surface area contributed by atoms with Crippen molar-refractivity contribution in [1.82, 2.24) is 4.57 Å². The predicted molar refractivity (Wildman–Crippen MR) is 92.5 cm³/mol. The quantitative estimate of drug-likeness (QED) is 0.694. The highest BCUT2D eigenvalue weighted by Crippen LogP contribution is 2.47. The van der Waals surface area contributed by atoms with Crippen molar-refractivity contribution in [2.75, 3.05) is 7.11 Å². The van der Waals surface area contributed by atoms with Gasteiger partial charge in [0.15, 0.2) is 11.5 Å². The van der Waals surface area contributed by atoms with E-state index < -0.39 is 11.2 Å². The molecular weight excluding hydrogens is 399 g/mol. The SMILES string of the molecule is COc1c(Br)c(F)cc2c(=O)c3c(O)c(C#N)sc3n(C3CC3)c12. The van der Waals surface area contributed by atoms with Gasteiger partial charge < -0.3 is 14.4 Å². The minimum absolute atomic E-state index is 0.0692. The molecule has 3 aromatic rings. The van der Waals surface area contributed by atoms with Crippen LogP contribution in [0.3, 0.4) is 0 Å². The first-order valence-corrected chi connectivity index (χ1v) is 8.76. The number of rotatable bonds is 2. The largest absolute Gasteiger partial charge is 0.505 e. The van der Waals surface area contributed by atoms with Crippen LogP contribution in [-0.4, -0.2) is 16.8 Å². The van der Waals surface area contributed by atoms with Gasteiger partial charge in [-0.2, -0.15) is 5.26 Å². The van der Waals surface area contributed by atoms with Crippen LogP contribution in [0.4, 0.5) is 4.39 Å². The Morgan fingerprint density at radius 3 is 2.83 bits per heavy atom. The van der Waals surface area contributed by atoms with Crippen LogP contribution < -0.4 is 10.2 Å². The van der Waals surface area contributed by atoms with E-state index >= 15 is 0 Å². The number of nitrogens with zero attached hydrogens (tertiary/aromatic N) is 2. The van der Waals surface area contributed by atoms with Crippen LogP contribution in [0, 0.1) is 17.1 Å². The Labute approximate surface area is 147 Å². The van der Waals surface area contributed by atoms with Crippen molar-refractivity contribution in [2.45, 2.75) is 18.9 Å². The first-order valence-electron chi connectivity index (χ1n) is 7.15. The molecule has 4 rings (SSSR count). The Balaban J connectivity index is 2.35. The highest BCUT2D eigenvalue weighted by molar-refractivity contribution is 9.10. The number of aromatic nitrogens is 1. The number of thiophene rings is 1. The van der Waals surface area contributed by atoms with E-state index in [4.69, 9.17) is 4.74 Å². The Morgan fingerprint density at radius 1 is 1.54 bits per heavy atom. The number of halogens is 2. The summed E-state index contributed by atoms with van der Waals surface area (Å²) >= 11 is 4.24. The van der Waals surface area contributed by atoms with E-state index in [1.165, 1.54) is 7.11 Å². The number of hydrogen-bond donors (Lipinski definition) is 1.